The number of rotatable bonds is 8. The van der Waals surface area contributed by atoms with E-state index in [1.54, 1.807) is 0 Å². The molecule has 0 aliphatic heterocycles. The van der Waals surface area contributed by atoms with Crippen LogP contribution in [0.2, 0.25) is 0 Å². The van der Waals surface area contributed by atoms with Crippen molar-refractivity contribution in [3.05, 3.63) is 0 Å². The SMILES string of the molecule is CCOC(=O)C(C)(CN(C)C(C)(C)CC)NC1CC1. The number of ether oxygens (including phenoxy) is 1. The predicted octanol–water partition coefficient (Wildman–Crippen LogP) is 2.18. The molecule has 0 aromatic rings. The lowest BCUT2D eigenvalue weighted by atomic mass is 9.95. The van der Waals surface area contributed by atoms with E-state index in [0.29, 0.717) is 19.2 Å². The van der Waals surface area contributed by atoms with Gasteiger partial charge in [0.25, 0.3) is 0 Å². The van der Waals surface area contributed by atoms with Gasteiger partial charge in [-0.05, 0) is 54.0 Å². The molecule has 1 saturated carbocycles. The highest BCUT2D eigenvalue weighted by Gasteiger charge is 2.42. The van der Waals surface area contributed by atoms with Crippen LogP contribution in [0, 0.1) is 0 Å². The molecule has 1 unspecified atom stereocenters. The molecule has 0 amide bonds. The molecule has 1 aliphatic carbocycles. The van der Waals surface area contributed by atoms with Crippen LogP contribution < -0.4 is 5.32 Å². The van der Waals surface area contributed by atoms with E-state index >= 15 is 0 Å². The van der Waals surface area contributed by atoms with E-state index in [9.17, 15) is 4.79 Å². The predicted molar refractivity (Wildman–Crippen MR) is 78.2 cm³/mol. The molecule has 1 atom stereocenters. The maximum atomic E-state index is 12.3. The fourth-order valence-corrected chi connectivity index (χ4v) is 2.10. The van der Waals surface area contributed by atoms with E-state index < -0.39 is 5.54 Å². The van der Waals surface area contributed by atoms with Crippen LogP contribution in [-0.4, -0.2) is 48.2 Å². The summed E-state index contributed by atoms with van der Waals surface area (Å²) in [4.78, 5) is 14.5. The number of nitrogens with zero attached hydrogens (tertiary/aromatic N) is 1. The number of hydrogen-bond donors (Lipinski definition) is 1. The zero-order chi connectivity index (χ0) is 14.7. The molecule has 4 nitrogen and oxygen atoms in total. The molecular formula is C15H30N2O2. The second-order valence-corrected chi connectivity index (χ2v) is 6.49. The molecule has 1 rings (SSSR count). The molecule has 0 saturated heterocycles. The zero-order valence-electron chi connectivity index (χ0n) is 13.4. The first-order chi connectivity index (χ1) is 8.75. The van der Waals surface area contributed by atoms with Gasteiger partial charge in [-0.2, -0.15) is 0 Å². The number of esters is 1. The summed E-state index contributed by atoms with van der Waals surface area (Å²) in [6, 6.07) is 0.479. The fraction of sp³-hybridized carbons (Fsp3) is 0.933. The maximum absolute atomic E-state index is 12.3. The Balaban J connectivity index is 2.75. The van der Waals surface area contributed by atoms with Gasteiger partial charge in [0.2, 0.25) is 0 Å². The fourth-order valence-electron chi connectivity index (χ4n) is 2.10. The number of carbonyl (C=O) groups excluding carboxylic acids is 1. The Morgan fingerprint density at radius 1 is 1.32 bits per heavy atom. The minimum absolute atomic E-state index is 0.0823. The molecule has 1 N–H and O–H groups in total. The second kappa shape index (κ2) is 6.23. The Morgan fingerprint density at radius 3 is 2.32 bits per heavy atom. The zero-order valence-corrected chi connectivity index (χ0v) is 13.4. The molecule has 1 aliphatic rings. The average Bonchev–Trinajstić information content (AvgIpc) is 3.12. The Hall–Kier alpha value is -0.610. The van der Waals surface area contributed by atoms with Crippen LogP contribution in [0.4, 0.5) is 0 Å². The first-order valence-electron chi connectivity index (χ1n) is 7.41. The Morgan fingerprint density at radius 2 is 1.89 bits per heavy atom. The third-order valence-corrected chi connectivity index (χ3v) is 4.28. The van der Waals surface area contributed by atoms with E-state index in [4.69, 9.17) is 4.74 Å². The smallest absolute Gasteiger partial charge is 0.327 e. The van der Waals surface area contributed by atoms with Crippen LogP contribution in [0.25, 0.3) is 0 Å². The summed E-state index contributed by atoms with van der Waals surface area (Å²) < 4.78 is 5.25. The molecule has 0 heterocycles. The molecule has 1 fully saturated rings. The van der Waals surface area contributed by atoms with Gasteiger partial charge in [0.05, 0.1) is 6.61 Å². The van der Waals surface area contributed by atoms with Crippen molar-refractivity contribution in [2.24, 2.45) is 0 Å². The Labute approximate surface area is 117 Å². The van der Waals surface area contributed by atoms with Crippen LogP contribution in [0.3, 0.4) is 0 Å². The van der Waals surface area contributed by atoms with Gasteiger partial charge in [-0.25, -0.2) is 0 Å². The van der Waals surface area contributed by atoms with E-state index in [-0.39, 0.29) is 11.5 Å². The highest BCUT2D eigenvalue weighted by molar-refractivity contribution is 5.80. The summed E-state index contributed by atoms with van der Waals surface area (Å²) >= 11 is 0. The Kier molecular flexibility index (Phi) is 5.39. The third kappa shape index (κ3) is 4.46. The lowest BCUT2D eigenvalue weighted by molar-refractivity contribution is -0.152. The van der Waals surface area contributed by atoms with Crippen LogP contribution in [-0.2, 0) is 9.53 Å². The van der Waals surface area contributed by atoms with Crippen LogP contribution in [0.1, 0.15) is 53.9 Å². The largest absolute Gasteiger partial charge is 0.465 e. The summed E-state index contributed by atoms with van der Waals surface area (Å²) in [7, 11) is 2.08. The van der Waals surface area contributed by atoms with Crippen molar-refractivity contribution in [1.82, 2.24) is 10.2 Å². The van der Waals surface area contributed by atoms with Crippen molar-refractivity contribution in [3.63, 3.8) is 0 Å². The van der Waals surface area contributed by atoms with Gasteiger partial charge in [0.1, 0.15) is 5.54 Å². The molecular weight excluding hydrogens is 240 g/mol. The Bertz CT molecular complexity index is 313. The number of hydrogen-bond acceptors (Lipinski definition) is 4. The van der Waals surface area contributed by atoms with Gasteiger partial charge in [0.15, 0.2) is 0 Å². The van der Waals surface area contributed by atoms with Gasteiger partial charge in [0, 0.05) is 18.1 Å². The van der Waals surface area contributed by atoms with Gasteiger partial charge < -0.3 is 4.74 Å². The van der Waals surface area contributed by atoms with E-state index in [0.717, 1.165) is 19.3 Å². The average molecular weight is 270 g/mol. The van der Waals surface area contributed by atoms with E-state index in [1.165, 1.54) is 0 Å². The summed E-state index contributed by atoms with van der Waals surface area (Å²) in [5, 5.41) is 3.46. The van der Waals surface area contributed by atoms with Gasteiger partial charge in [-0.15, -0.1) is 0 Å². The van der Waals surface area contributed by atoms with E-state index in [2.05, 4.69) is 38.0 Å². The van der Waals surface area contributed by atoms with Crippen molar-refractivity contribution in [3.8, 4) is 0 Å². The van der Waals surface area contributed by atoms with Crippen molar-refractivity contribution in [2.45, 2.75) is 71.0 Å². The molecule has 0 aromatic heterocycles. The molecule has 0 radical (unpaired) electrons. The molecule has 0 aromatic carbocycles. The molecule has 19 heavy (non-hydrogen) atoms. The monoisotopic (exact) mass is 270 g/mol. The summed E-state index contributed by atoms with van der Waals surface area (Å²) in [5.74, 6) is -0.138. The van der Waals surface area contributed by atoms with E-state index in [1.807, 2.05) is 13.8 Å². The molecule has 0 bridgehead atoms. The normalized spacial score (nSPS) is 19.3. The third-order valence-electron chi connectivity index (χ3n) is 4.28. The maximum Gasteiger partial charge on any atom is 0.327 e. The summed E-state index contributed by atoms with van der Waals surface area (Å²) in [6.07, 6.45) is 3.37. The second-order valence-electron chi connectivity index (χ2n) is 6.49. The lowest BCUT2D eigenvalue weighted by Crippen LogP contribution is -2.60. The molecule has 4 heteroatoms. The van der Waals surface area contributed by atoms with Crippen molar-refractivity contribution >= 4 is 5.97 Å². The topological polar surface area (TPSA) is 41.6 Å². The highest BCUT2D eigenvalue weighted by Crippen LogP contribution is 2.26. The quantitative estimate of drug-likeness (QED) is 0.686. The first kappa shape index (κ1) is 16.4. The summed E-state index contributed by atoms with van der Waals surface area (Å²) in [5.41, 5.74) is -0.530. The minimum Gasteiger partial charge on any atom is -0.465 e. The number of nitrogens with one attached hydrogen (secondary N) is 1. The highest BCUT2D eigenvalue weighted by atomic mass is 16.5. The molecule has 112 valence electrons. The van der Waals surface area contributed by atoms with Crippen LogP contribution in [0.15, 0.2) is 0 Å². The van der Waals surface area contributed by atoms with Gasteiger partial charge in [-0.1, -0.05) is 6.92 Å². The van der Waals surface area contributed by atoms with Gasteiger partial charge in [-0.3, -0.25) is 15.0 Å². The number of carbonyl (C=O) groups is 1. The van der Waals surface area contributed by atoms with Gasteiger partial charge >= 0.3 is 5.97 Å². The summed E-state index contributed by atoms with van der Waals surface area (Å²) in [6.45, 7) is 11.5. The van der Waals surface area contributed by atoms with Crippen LogP contribution in [0.5, 0.6) is 0 Å². The molecule has 0 spiro atoms. The first-order valence-corrected chi connectivity index (χ1v) is 7.41. The van der Waals surface area contributed by atoms with Crippen LogP contribution >= 0.6 is 0 Å². The standard InChI is InChI=1S/C15H30N2O2/c1-7-14(3,4)17(6)11-15(5,13(18)19-8-2)16-12-9-10-12/h12,16H,7-11H2,1-6H3. The lowest BCUT2D eigenvalue weighted by Gasteiger charge is -2.40. The van der Waals surface area contributed by atoms with Crippen molar-refractivity contribution in [1.29, 1.82) is 0 Å². The van der Waals surface area contributed by atoms with Crippen molar-refractivity contribution in [2.75, 3.05) is 20.2 Å². The number of likely N-dealkylation sites (N-methyl/N-ethyl adjacent to an activating group) is 1. The van der Waals surface area contributed by atoms with Crippen molar-refractivity contribution < 1.29 is 9.53 Å². The minimum atomic E-state index is -0.613.